The average Bonchev–Trinajstić information content (AvgIpc) is 2.83. The fourth-order valence-electron chi connectivity index (χ4n) is 1.67. The van der Waals surface area contributed by atoms with E-state index in [1.54, 1.807) is 6.07 Å². The molecular weight excluding hydrogens is 150 g/mol. The van der Waals surface area contributed by atoms with Crippen LogP contribution in [0.4, 0.5) is 0 Å². The van der Waals surface area contributed by atoms with Crippen LogP contribution in [0.3, 0.4) is 0 Å². The van der Waals surface area contributed by atoms with Crippen LogP contribution >= 0.6 is 0 Å². The molecule has 0 heterocycles. The summed E-state index contributed by atoms with van der Waals surface area (Å²) in [6.45, 7) is 0.764. The van der Waals surface area contributed by atoms with Crippen molar-refractivity contribution in [2.45, 2.75) is 12.3 Å². The maximum absolute atomic E-state index is 9.22. The standard InChI is InChI=1S/C10H13NO/c11-6-8-5-10(8)7-2-1-3-9(12)4-7/h1-4,8,10,12H,5-6,11H2/t8-,10?/m0/s1. The summed E-state index contributed by atoms with van der Waals surface area (Å²) >= 11 is 0. The molecule has 0 bridgehead atoms. The third kappa shape index (κ3) is 1.30. The van der Waals surface area contributed by atoms with Crippen LogP contribution in [0.2, 0.25) is 0 Å². The molecule has 2 rings (SSSR count). The Morgan fingerprint density at radius 3 is 2.92 bits per heavy atom. The zero-order valence-corrected chi connectivity index (χ0v) is 6.90. The molecule has 0 amide bonds. The lowest BCUT2D eigenvalue weighted by Crippen LogP contribution is -2.01. The van der Waals surface area contributed by atoms with Gasteiger partial charge in [0.05, 0.1) is 0 Å². The quantitative estimate of drug-likeness (QED) is 0.693. The second-order valence-corrected chi connectivity index (χ2v) is 3.43. The lowest BCUT2D eigenvalue weighted by Gasteiger charge is -1.99. The monoisotopic (exact) mass is 163 g/mol. The highest BCUT2D eigenvalue weighted by molar-refractivity contribution is 5.33. The zero-order chi connectivity index (χ0) is 8.55. The summed E-state index contributed by atoms with van der Waals surface area (Å²) in [4.78, 5) is 0. The number of rotatable bonds is 2. The number of nitrogens with two attached hydrogens (primary N) is 1. The van der Waals surface area contributed by atoms with E-state index in [1.165, 1.54) is 12.0 Å². The number of phenols is 1. The molecule has 0 aromatic heterocycles. The van der Waals surface area contributed by atoms with Crippen LogP contribution in [0.15, 0.2) is 24.3 Å². The number of phenolic OH excluding ortho intramolecular Hbond substituents is 1. The van der Waals surface area contributed by atoms with E-state index in [1.807, 2.05) is 12.1 Å². The number of benzene rings is 1. The minimum atomic E-state index is 0.357. The van der Waals surface area contributed by atoms with Gasteiger partial charge in [0.25, 0.3) is 0 Å². The van der Waals surface area contributed by atoms with Crippen LogP contribution in [0.1, 0.15) is 17.9 Å². The average molecular weight is 163 g/mol. The highest BCUT2D eigenvalue weighted by atomic mass is 16.3. The van der Waals surface area contributed by atoms with Gasteiger partial charge in [-0.3, -0.25) is 0 Å². The lowest BCUT2D eigenvalue weighted by molar-refractivity contribution is 0.474. The van der Waals surface area contributed by atoms with Gasteiger partial charge in [-0.2, -0.15) is 0 Å². The molecule has 1 aliphatic rings. The zero-order valence-electron chi connectivity index (χ0n) is 6.90. The highest BCUT2D eigenvalue weighted by Gasteiger charge is 2.36. The summed E-state index contributed by atoms with van der Waals surface area (Å²) in [5.41, 5.74) is 6.76. The van der Waals surface area contributed by atoms with Crippen LogP contribution in [0.25, 0.3) is 0 Å². The molecule has 64 valence electrons. The molecule has 2 heteroatoms. The van der Waals surface area contributed by atoms with Crippen LogP contribution in [0, 0.1) is 5.92 Å². The lowest BCUT2D eigenvalue weighted by atomic mass is 10.1. The third-order valence-corrected chi connectivity index (χ3v) is 2.52. The Morgan fingerprint density at radius 1 is 1.50 bits per heavy atom. The summed E-state index contributed by atoms with van der Waals surface area (Å²) in [7, 11) is 0. The van der Waals surface area contributed by atoms with E-state index in [9.17, 15) is 5.11 Å². The van der Waals surface area contributed by atoms with Crippen LogP contribution in [-0.2, 0) is 0 Å². The van der Waals surface area contributed by atoms with Gasteiger partial charge in [0.15, 0.2) is 0 Å². The van der Waals surface area contributed by atoms with Gasteiger partial charge in [-0.05, 0) is 42.5 Å². The smallest absolute Gasteiger partial charge is 0.115 e. The Kier molecular flexibility index (Phi) is 1.77. The normalized spacial score (nSPS) is 27.1. The number of hydrogen-bond donors (Lipinski definition) is 2. The van der Waals surface area contributed by atoms with Crippen LogP contribution in [-0.4, -0.2) is 11.7 Å². The fourth-order valence-corrected chi connectivity index (χ4v) is 1.67. The maximum Gasteiger partial charge on any atom is 0.115 e. The first-order valence-corrected chi connectivity index (χ1v) is 4.30. The summed E-state index contributed by atoms with van der Waals surface area (Å²) in [6, 6.07) is 7.47. The molecule has 0 spiro atoms. The van der Waals surface area contributed by atoms with Gasteiger partial charge < -0.3 is 10.8 Å². The predicted molar refractivity (Wildman–Crippen MR) is 48.0 cm³/mol. The van der Waals surface area contributed by atoms with Gasteiger partial charge >= 0.3 is 0 Å². The fraction of sp³-hybridized carbons (Fsp3) is 0.400. The Bertz CT molecular complexity index is 285. The minimum Gasteiger partial charge on any atom is -0.508 e. The van der Waals surface area contributed by atoms with E-state index < -0.39 is 0 Å². The van der Waals surface area contributed by atoms with E-state index in [2.05, 4.69) is 6.07 Å². The van der Waals surface area contributed by atoms with Crippen molar-refractivity contribution in [3.8, 4) is 5.75 Å². The first kappa shape index (κ1) is 7.62. The van der Waals surface area contributed by atoms with Gasteiger partial charge in [-0.1, -0.05) is 12.1 Å². The SMILES string of the molecule is NC[C@@H]1CC1c1cccc(O)c1. The maximum atomic E-state index is 9.22. The minimum absolute atomic E-state index is 0.357. The Morgan fingerprint density at radius 2 is 2.33 bits per heavy atom. The van der Waals surface area contributed by atoms with Gasteiger partial charge in [0, 0.05) is 0 Å². The molecule has 0 radical (unpaired) electrons. The van der Waals surface area contributed by atoms with Gasteiger partial charge in [-0.15, -0.1) is 0 Å². The van der Waals surface area contributed by atoms with Crippen molar-refractivity contribution in [3.63, 3.8) is 0 Å². The summed E-state index contributed by atoms with van der Waals surface area (Å²) in [6.07, 6.45) is 1.18. The number of aromatic hydroxyl groups is 1. The molecule has 1 aromatic rings. The van der Waals surface area contributed by atoms with Crippen molar-refractivity contribution >= 4 is 0 Å². The second kappa shape index (κ2) is 2.79. The predicted octanol–water partition coefficient (Wildman–Crippen LogP) is 1.45. The van der Waals surface area contributed by atoms with E-state index in [-0.39, 0.29) is 0 Å². The van der Waals surface area contributed by atoms with E-state index in [4.69, 9.17) is 5.73 Å². The van der Waals surface area contributed by atoms with Gasteiger partial charge in [0.2, 0.25) is 0 Å². The molecule has 2 nitrogen and oxygen atoms in total. The van der Waals surface area contributed by atoms with Crippen LogP contribution in [0.5, 0.6) is 5.75 Å². The topological polar surface area (TPSA) is 46.2 Å². The molecule has 1 aliphatic carbocycles. The molecule has 2 atom stereocenters. The molecular formula is C10H13NO. The van der Waals surface area contributed by atoms with Crippen molar-refractivity contribution in [2.75, 3.05) is 6.54 Å². The molecule has 3 N–H and O–H groups in total. The summed E-state index contributed by atoms with van der Waals surface area (Å²) in [5.74, 6) is 1.60. The Labute approximate surface area is 72.0 Å². The number of hydrogen-bond acceptors (Lipinski definition) is 2. The molecule has 1 fully saturated rings. The molecule has 1 saturated carbocycles. The Hall–Kier alpha value is -1.02. The van der Waals surface area contributed by atoms with E-state index >= 15 is 0 Å². The van der Waals surface area contributed by atoms with Gasteiger partial charge in [-0.25, -0.2) is 0 Å². The van der Waals surface area contributed by atoms with E-state index in [0.717, 1.165) is 6.54 Å². The van der Waals surface area contributed by atoms with E-state index in [0.29, 0.717) is 17.6 Å². The van der Waals surface area contributed by atoms with Crippen LogP contribution < -0.4 is 5.73 Å². The molecule has 1 aromatic carbocycles. The van der Waals surface area contributed by atoms with Crippen molar-refractivity contribution in [3.05, 3.63) is 29.8 Å². The van der Waals surface area contributed by atoms with Crippen molar-refractivity contribution in [2.24, 2.45) is 11.7 Å². The highest BCUT2D eigenvalue weighted by Crippen LogP contribution is 2.47. The van der Waals surface area contributed by atoms with Crippen molar-refractivity contribution in [1.29, 1.82) is 0 Å². The summed E-state index contributed by atoms with van der Waals surface area (Å²) in [5, 5.41) is 9.22. The van der Waals surface area contributed by atoms with Crippen molar-refractivity contribution < 1.29 is 5.11 Å². The second-order valence-electron chi connectivity index (χ2n) is 3.43. The van der Waals surface area contributed by atoms with Crippen molar-refractivity contribution in [1.82, 2.24) is 0 Å². The molecule has 0 aliphatic heterocycles. The molecule has 1 unspecified atom stereocenters. The molecule has 0 saturated heterocycles. The first-order valence-electron chi connectivity index (χ1n) is 4.30. The third-order valence-electron chi connectivity index (χ3n) is 2.52. The first-order chi connectivity index (χ1) is 5.81. The molecule has 12 heavy (non-hydrogen) atoms. The Balaban J connectivity index is 2.14. The van der Waals surface area contributed by atoms with Gasteiger partial charge in [0.1, 0.15) is 5.75 Å². The summed E-state index contributed by atoms with van der Waals surface area (Å²) < 4.78 is 0. The largest absolute Gasteiger partial charge is 0.508 e.